The van der Waals surface area contributed by atoms with E-state index in [1.165, 1.54) is 0 Å². The number of fused-ring (bicyclic) bond motifs is 1. The van der Waals surface area contributed by atoms with E-state index in [0.29, 0.717) is 12.6 Å². The van der Waals surface area contributed by atoms with Crippen LogP contribution in [0.25, 0.3) is 0 Å². The molecular formula is C15H21NO2. The zero-order chi connectivity index (χ0) is 13.1. The quantitative estimate of drug-likeness (QED) is 0.765. The normalized spacial score (nSPS) is 18.2. The Balaban J connectivity index is 2.43. The Hall–Kier alpha value is -1.51. The van der Waals surface area contributed by atoms with E-state index in [-0.39, 0.29) is 0 Å². The van der Waals surface area contributed by atoms with Crippen molar-refractivity contribution in [2.45, 2.75) is 39.7 Å². The summed E-state index contributed by atoms with van der Waals surface area (Å²) in [6.45, 7) is 8.10. The van der Waals surface area contributed by atoms with E-state index in [4.69, 9.17) is 4.74 Å². The summed E-state index contributed by atoms with van der Waals surface area (Å²) in [6.07, 6.45) is 3.09. The first-order chi connectivity index (χ1) is 8.71. The van der Waals surface area contributed by atoms with Gasteiger partial charge in [0.25, 0.3) is 0 Å². The van der Waals surface area contributed by atoms with Crippen molar-refractivity contribution in [1.82, 2.24) is 0 Å². The number of nitrogens with zero attached hydrogens (tertiary/aromatic N) is 1. The number of anilines is 1. The third kappa shape index (κ3) is 2.22. The molecular weight excluding hydrogens is 226 g/mol. The van der Waals surface area contributed by atoms with Crippen LogP contribution in [0.15, 0.2) is 12.1 Å². The van der Waals surface area contributed by atoms with E-state index in [0.717, 1.165) is 48.2 Å². The molecule has 3 heteroatoms. The van der Waals surface area contributed by atoms with Crippen molar-refractivity contribution in [2.24, 2.45) is 0 Å². The minimum absolute atomic E-state index is 0.443. The van der Waals surface area contributed by atoms with E-state index in [9.17, 15) is 4.79 Å². The fourth-order valence-electron chi connectivity index (χ4n) is 2.51. The van der Waals surface area contributed by atoms with Gasteiger partial charge in [0, 0.05) is 12.1 Å². The van der Waals surface area contributed by atoms with Crippen LogP contribution >= 0.6 is 0 Å². The van der Waals surface area contributed by atoms with Crippen molar-refractivity contribution >= 4 is 12.0 Å². The summed E-state index contributed by atoms with van der Waals surface area (Å²) in [6, 6.07) is 4.39. The van der Waals surface area contributed by atoms with Gasteiger partial charge in [-0.2, -0.15) is 0 Å². The fourth-order valence-corrected chi connectivity index (χ4v) is 2.51. The molecule has 2 rings (SSSR count). The third-order valence-electron chi connectivity index (χ3n) is 3.59. The van der Waals surface area contributed by atoms with Crippen LogP contribution in [0, 0.1) is 6.92 Å². The minimum Gasteiger partial charge on any atom is -0.489 e. The van der Waals surface area contributed by atoms with Gasteiger partial charge in [0.15, 0.2) is 0 Å². The maximum absolute atomic E-state index is 11.0. The summed E-state index contributed by atoms with van der Waals surface area (Å²) >= 11 is 0. The highest BCUT2D eigenvalue weighted by Crippen LogP contribution is 2.36. The number of aryl methyl sites for hydroxylation is 1. The number of hydrogen-bond donors (Lipinski definition) is 0. The summed E-state index contributed by atoms with van der Waals surface area (Å²) in [5.74, 6) is 0.848. The first-order valence-electron chi connectivity index (χ1n) is 6.70. The summed E-state index contributed by atoms with van der Waals surface area (Å²) in [5, 5.41) is 0. The van der Waals surface area contributed by atoms with E-state index in [2.05, 4.69) is 24.8 Å². The van der Waals surface area contributed by atoms with Gasteiger partial charge in [0.1, 0.15) is 18.6 Å². The Labute approximate surface area is 109 Å². The lowest BCUT2D eigenvalue weighted by atomic mass is 10.0. The van der Waals surface area contributed by atoms with Crippen molar-refractivity contribution in [3.05, 3.63) is 23.3 Å². The predicted molar refractivity (Wildman–Crippen MR) is 73.8 cm³/mol. The lowest BCUT2D eigenvalue weighted by molar-refractivity contribution is 0.112. The second-order valence-electron chi connectivity index (χ2n) is 4.86. The van der Waals surface area contributed by atoms with Crippen LogP contribution in [0.4, 0.5) is 5.69 Å². The molecule has 0 aliphatic carbocycles. The van der Waals surface area contributed by atoms with Gasteiger partial charge in [-0.05, 0) is 37.5 Å². The fraction of sp³-hybridized carbons (Fsp3) is 0.533. The molecule has 0 fully saturated rings. The van der Waals surface area contributed by atoms with Crippen molar-refractivity contribution in [3.8, 4) is 5.75 Å². The number of carbonyl (C=O) groups is 1. The zero-order valence-electron chi connectivity index (χ0n) is 11.4. The Bertz CT molecular complexity index is 442. The molecule has 1 heterocycles. The molecule has 1 atom stereocenters. The van der Waals surface area contributed by atoms with Crippen LogP contribution in [0.5, 0.6) is 5.75 Å². The summed E-state index contributed by atoms with van der Waals surface area (Å²) in [7, 11) is 0. The van der Waals surface area contributed by atoms with Crippen molar-refractivity contribution in [2.75, 3.05) is 18.1 Å². The minimum atomic E-state index is 0.443. The van der Waals surface area contributed by atoms with Gasteiger partial charge < -0.3 is 9.64 Å². The van der Waals surface area contributed by atoms with E-state index >= 15 is 0 Å². The van der Waals surface area contributed by atoms with E-state index in [1.807, 2.05) is 13.0 Å². The van der Waals surface area contributed by atoms with Crippen molar-refractivity contribution < 1.29 is 9.53 Å². The number of benzene rings is 1. The molecule has 0 amide bonds. The average Bonchev–Trinajstić information content (AvgIpc) is 2.39. The highest BCUT2D eigenvalue weighted by Gasteiger charge is 2.26. The van der Waals surface area contributed by atoms with Crippen LogP contribution < -0.4 is 9.64 Å². The molecule has 1 aliphatic rings. The van der Waals surface area contributed by atoms with Gasteiger partial charge in [0.05, 0.1) is 11.7 Å². The number of carbonyl (C=O) groups excluding carboxylic acids is 1. The maximum atomic E-state index is 11.0. The lowest BCUT2D eigenvalue weighted by Crippen LogP contribution is -2.43. The molecule has 0 saturated carbocycles. The lowest BCUT2D eigenvalue weighted by Gasteiger charge is -2.38. The van der Waals surface area contributed by atoms with Crippen LogP contribution in [0.2, 0.25) is 0 Å². The topological polar surface area (TPSA) is 29.5 Å². The van der Waals surface area contributed by atoms with Gasteiger partial charge in [-0.3, -0.25) is 4.79 Å². The van der Waals surface area contributed by atoms with Crippen molar-refractivity contribution in [1.29, 1.82) is 0 Å². The Morgan fingerprint density at radius 2 is 2.22 bits per heavy atom. The Kier molecular flexibility index (Phi) is 3.90. The average molecular weight is 247 g/mol. The highest BCUT2D eigenvalue weighted by molar-refractivity contribution is 5.81. The molecule has 0 aromatic heterocycles. The maximum Gasteiger partial charge on any atom is 0.150 e. The van der Waals surface area contributed by atoms with Crippen LogP contribution in [0.3, 0.4) is 0 Å². The van der Waals surface area contributed by atoms with Gasteiger partial charge in [0.2, 0.25) is 0 Å². The second kappa shape index (κ2) is 5.42. The summed E-state index contributed by atoms with van der Waals surface area (Å²) < 4.78 is 5.80. The second-order valence-corrected chi connectivity index (χ2v) is 4.86. The molecule has 0 bridgehead atoms. The Morgan fingerprint density at radius 3 is 2.83 bits per heavy atom. The standard InChI is InChI=1S/C15H21NO2/c1-4-6-16-13(5-2)10-18-15-8-12(9-17)11(3)7-14(15)16/h7-9,13H,4-6,10H2,1-3H3. The monoisotopic (exact) mass is 247 g/mol. The van der Waals surface area contributed by atoms with Crippen LogP contribution in [0.1, 0.15) is 42.6 Å². The molecule has 1 aromatic rings. The first kappa shape index (κ1) is 12.9. The number of ether oxygens (including phenoxy) is 1. The van der Waals surface area contributed by atoms with Gasteiger partial charge in [-0.15, -0.1) is 0 Å². The van der Waals surface area contributed by atoms with Crippen molar-refractivity contribution in [3.63, 3.8) is 0 Å². The highest BCUT2D eigenvalue weighted by atomic mass is 16.5. The van der Waals surface area contributed by atoms with Gasteiger partial charge in [-0.25, -0.2) is 0 Å². The molecule has 0 radical (unpaired) electrons. The molecule has 98 valence electrons. The molecule has 18 heavy (non-hydrogen) atoms. The first-order valence-corrected chi connectivity index (χ1v) is 6.70. The van der Waals surface area contributed by atoms with Gasteiger partial charge >= 0.3 is 0 Å². The number of aldehydes is 1. The van der Waals surface area contributed by atoms with E-state index < -0.39 is 0 Å². The Morgan fingerprint density at radius 1 is 1.44 bits per heavy atom. The smallest absolute Gasteiger partial charge is 0.150 e. The van der Waals surface area contributed by atoms with Crippen LogP contribution in [-0.2, 0) is 0 Å². The molecule has 0 N–H and O–H groups in total. The largest absolute Gasteiger partial charge is 0.489 e. The molecule has 1 aromatic carbocycles. The summed E-state index contributed by atoms with van der Waals surface area (Å²) in [4.78, 5) is 13.4. The predicted octanol–water partition coefficient (Wildman–Crippen LogP) is 3.19. The molecule has 0 spiro atoms. The molecule has 1 aliphatic heterocycles. The molecule has 1 unspecified atom stereocenters. The number of rotatable bonds is 4. The third-order valence-corrected chi connectivity index (χ3v) is 3.59. The van der Waals surface area contributed by atoms with Crippen LogP contribution in [-0.4, -0.2) is 25.5 Å². The zero-order valence-corrected chi connectivity index (χ0v) is 11.4. The molecule has 3 nitrogen and oxygen atoms in total. The SMILES string of the molecule is CCCN1c2cc(C)c(C=O)cc2OCC1CC. The van der Waals surface area contributed by atoms with Gasteiger partial charge in [-0.1, -0.05) is 13.8 Å². The van der Waals surface area contributed by atoms with E-state index in [1.54, 1.807) is 0 Å². The summed E-state index contributed by atoms with van der Waals surface area (Å²) in [5.41, 5.74) is 2.88. The number of hydrogen-bond acceptors (Lipinski definition) is 3. The molecule has 0 saturated heterocycles.